The fraction of sp³-hybridized carbons (Fsp3) is 0.865. The van der Waals surface area contributed by atoms with Gasteiger partial charge in [0.1, 0.15) is 42.7 Å². The van der Waals surface area contributed by atoms with Crippen molar-refractivity contribution in [2.45, 2.75) is 185 Å². The van der Waals surface area contributed by atoms with Gasteiger partial charge >= 0.3 is 13.8 Å². The van der Waals surface area contributed by atoms with E-state index in [0.29, 0.717) is 13.0 Å². The molecule has 6 atom stereocenters. The quantitative estimate of drug-likeness (QED) is 0.0205. The highest BCUT2D eigenvalue weighted by atomic mass is 31.2. The normalized spacial score (nSPS) is 24.6. The number of carbonyl (C=O) groups excluding carboxylic acids is 1. The van der Waals surface area contributed by atoms with Gasteiger partial charge in [0.15, 0.2) is 0 Å². The second-order valence-corrected chi connectivity index (χ2v) is 14.8. The van der Waals surface area contributed by atoms with Crippen molar-refractivity contribution >= 4 is 13.8 Å². The SMILES string of the molecule is CCC/C=C\C/C=C\CCCCCCCCOCC(COP(=O)(O)OC1C(O)C(O)C(O)C(O)C1O)OC(=O)CCCCCCCCCCC. The average Bonchev–Trinajstić information content (AvgIpc) is 3.09. The van der Waals surface area contributed by atoms with Crippen LogP contribution in [0.3, 0.4) is 0 Å². The number of ether oxygens (including phenoxy) is 2. The summed E-state index contributed by atoms with van der Waals surface area (Å²) in [5.41, 5.74) is 0. The monoisotopic (exact) mass is 736 g/mol. The number of unbranched alkanes of at least 4 members (excludes halogenated alkanes) is 15. The Balaban J connectivity index is 2.47. The molecule has 0 amide bonds. The number of rotatable bonds is 31. The zero-order valence-corrected chi connectivity index (χ0v) is 31.6. The smallest absolute Gasteiger partial charge is 0.457 e. The van der Waals surface area contributed by atoms with Crippen molar-refractivity contribution in [1.29, 1.82) is 0 Å². The molecular weight excluding hydrogens is 667 g/mol. The third kappa shape index (κ3) is 22.0. The first-order valence-electron chi connectivity index (χ1n) is 19.2. The van der Waals surface area contributed by atoms with Crippen LogP contribution in [0.4, 0.5) is 0 Å². The summed E-state index contributed by atoms with van der Waals surface area (Å²) >= 11 is 0. The molecule has 1 aliphatic rings. The van der Waals surface area contributed by atoms with Crippen LogP contribution in [-0.2, 0) is 27.9 Å². The van der Waals surface area contributed by atoms with Crippen LogP contribution in [0.15, 0.2) is 24.3 Å². The Morgan fingerprint density at radius 2 is 1.16 bits per heavy atom. The lowest BCUT2D eigenvalue weighted by Gasteiger charge is -2.41. The van der Waals surface area contributed by atoms with Gasteiger partial charge < -0.3 is 39.9 Å². The van der Waals surface area contributed by atoms with Crippen LogP contribution in [0, 0.1) is 0 Å². The third-order valence-corrected chi connectivity index (χ3v) is 9.79. The van der Waals surface area contributed by atoms with Crippen molar-refractivity contribution in [3.63, 3.8) is 0 Å². The molecular formula is C37H69O12P. The molecule has 0 aromatic carbocycles. The maximum Gasteiger partial charge on any atom is 0.472 e. The number of hydrogen-bond acceptors (Lipinski definition) is 11. The number of esters is 1. The van der Waals surface area contributed by atoms with Crippen molar-refractivity contribution in [1.82, 2.24) is 0 Å². The fourth-order valence-corrected chi connectivity index (χ4v) is 6.66. The van der Waals surface area contributed by atoms with Gasteiger partial charge in [0.25, 0.3) is 0 Å². The van der Waals surface area contributed by atoms with E-state index in [1.807, 2.05) is 0 Å². The molecule has 12 nitrogen and oxygen atoms in total. The lowest BCUT2D eigenvalue weighted by Crippen LogP contribution is -2.64. The van der Waals surface area contributed by atoms with Gasteiger partial charge in [0, 0.05) is 13.0 Å². The zero-order chi connectivity index (χ0) is 37.0. The number of carbonyl (C=O) groups is 1. The highest BCUT2D eigenvalue weighted by Gasteiger charge is 2.51. The highest BCUT2D eigenvalue weighted by molar-refractivity contribution is 7.47. The fourth-order valence-electron chi connectivity index (χ4n) is 5.69. The molecule has 0 heterocycles. The first-order valence-corrected chi connectivity index (χ1v) is 20.7. The summed E-state index contributed by atoms with van der Waals surface area (Å²) in [5, 5.41) is 49.9. The molecule has 0 saturated heterocycles. The van der Waals surface area contributed by atoms with Crippen LogP contribution < -0.4 is 0 Å². The predicted molar refractivity (Wildman–Crippen MR) is 193 cm³/mol. The Hall–Kier alpha value is -1.18. The van der Waals surface area contributed by atoms with Gasteiger partial charge in [-0.1, -0.05) is 122 Å². The Morgan fingerprint density at radius 1 is 0.640 bits per heavy atom. The molecule has 0 aliphatic heterocycles. The minimum Gasteiger partial charge on any atom is -0.457 e. The molecule has 294 valence electrons. The van der Waals surface area contributed by atoms with Crippen LogP contribution in [0.1, 0.15) is 142 Å². The molecule has 1 fully saturated rings. The van der Waals surface area contributed by atoms with Crippen molar-refractivity contribution in [3.05, 3.63) is 24.3 Å². The molecule has 6 N–H and O–H groups in total. The Morgan fingerprint density at radius 3 is 1.76 bits per heavy atom. The van der Waals surface area contributed by atoms with E-state index in [1.165, 1.54) is 44.9 Å². The molecule has 1 rings (SSSR count). The maximum atomic E-state index is 12.7. The second-order valence-electron chi connectivity index (χ2n) is 13.4. The maximum absolute atomic E-state index is 12.7. The summed E-state index contributed by atoms with van der Waals surface area (Å²) in [6.07, 6.45) is 17.0. The van der Waals surface area contributed by atoms with Crippen molar-refractivity contribution < 1.29 is 58.3 Å². The Kier molecular flexibility index (Phi) is 27.4. The van der Waals surface area contributed by atoms with E-state index in [-0.39, 0.29) is 13.0 Å². The van der Waals surface area contributed by atoms with Crippen LogP contribution in [0.2, 0.25) is 0 Å². The van der Waals surface area contributed by atoms with Crippen molar-refractivity contribution in [3.8, 4) is 0 Å². The molecule has 0 aromatic rings. The predicted octanol–water partition coefficient (Wildman–Crippen LogP) is 6.19. The summed E-state index contributed by atoms with van der Waals surface area (Å²) in [7, 11) is -5.00. The second kappa shape index (κ2) is 29.3. The summed E-state index contributed by atoms with van der Waals surface area (Å²) < 4.78 is 33.9. The standard InChI is InChI=1S/C37H69O12P/c1-3-5-7-9-11-13-14-15-16-17-19-21-23-25-27-46-28-30(48-31(38)26-24-22-20-18-12-10-8-6-4-2)29-47-50(44,45)49-37-35(42)33(40)32(39)34(41)36(37)43/h7,9,13-14,30,32-37,39-43H,3-6,8,10-12,15-29H2,1-2H3,(H,44,45)/b9-7-,14-13-. The van der Waals surface area contributed by atoms with Gasteiger partial charge in [-0.3, -0.25) is 13.8 Å². The van der Waals surface area contributed by atoms with Gasteiger partial charge in [0.2, 0.25) is 0 Å². The van der Waals surface area contributed by atoms with Gasteiger partial charge in [-0.05, 0) is 38.5 Å². The van der Waals surface area contributed by atoms with E-state index in [4.69, 9.17) is 18.5 Å². The summed E-state index contributed by atoms with van der Waals surface area (Å²) in [4.78, 5) is 22.9. The molecule has 50 heavy (non-hydrogen) atoms. The largest absolute Gasteiger partial charge is 0.472 e. The molecule has 1 saturated carbocycles. The van der Waals surface area contributed by atoms with E-state index in [1.54, 1.807) is 0 Å². The lowest BCUT2D eigenvalue weighted by atomic mass is 9.85. The number of phosphoric ester groups is 1. The number of allylic oxidation sites excluding steroid dienone is 4. The first-order chi connectivity index (χ1) is 24.0. The number of aliphatic hydroxyl groups is 5. The van der Waals surface area contributed by atoms with Crippen LogP contribution in [0.5, 0.6) is 0 Å². The topological polar surface area (TPSA) is 192 Å². The number of aliphatic hydroxyl groups excluding tert-OH is 5. The minimum absolute atomic E-state index is 0.0816. The van der Waals surface area contributed by atoms with Gasteiger partial charge in [-0.25, -0.2) is 4.57 Å². The minimum atomic E-state index is -5.00. The molecule has 13 heteroatoms. The summed E-state index contributed by atoms with van der Waals surface area (Å²) in [6, 6.07) is 0. The third-order valence-electron chi connectivity index (χ3n) is 8.81. The van der Waals surface area contributed by atoms with Gasteiger partial charge in [-0.15, -0.1) is 0 Å². The van der Waals surface area contributed by atoms with Gasteiger partial charge in [0.05, 0.1) is 13.2 Å². The highest BCUT2D eigenvalue weighted by Crippen LogP contribution is 2.47. The van der Waals surface area contributed by atoms with Crippen molar-refractivity contribution in [2.24, 2.45) is 0 Å². The van der Waals surface area contributed by atoms with Crippen LogP contribution in [0.25, 0.3) is 0 Å². The van der Waals surface area contributed by atoms with E-state index < -0.39 is 63.1 Å². The lowest BCUT2D eigenvalue weighted by molar-refractivity contribution is -0.220. The van der Waals surface area contributed by atoms with E-state index in [9.17, 15) is 39.8 Å². The first kappa shape index (κ1) is 46.8. The molecule has 1 aliphatic carbocycles. The average molecular weight is 737 g/mol. The van der Waals surface area contributed by atoms with Gasteiger partial charge in [-0.2, -0.15) is 0 Å². The molecule has 0 spiro atoms. The van der Waals surface area contributed by atoms with Crippen LogP contribution >= 0.6 is 7.82 Å². The molecule has 0 radical (unpaired) electrons. The number of hydrogen-bond donors (Lipinski definition) is 6. The van der Waals surface area contributed by atoms with E-state index >= 15 is 0 Å². The Labute approximate surface area is 300 Å². The van der Waals surface area contributed by atoms with E-state index in [2.05, 4.69) is 38.2 Å². The molecule has 0 aromatic heterocycles. The van der Waals surface area contributed by atoms with Crippen molar-refractivity contribution in [2.75, 3.05) is 19.8 Å². The zero-order valence-electron chi connectivity index (χ0n) is 30.7. The number of phosphoric acid groups is 1. The summed E-state index contributed by atoms with van der Waals surface area (Å²) in [6.45, 7) is 4.12. The molecule has 0 bridgehead atoms. The van der Waals surface area contributed by atoms with Crippen LogP contribution in [-0.4, -0.2) is 98.9 Å². The molecule has 6 unspecified atom stereocenters. The summed E-state index contributed by atoms with van der Waals surface area (Å²) in [5.74, 6) is -0.486. The Bertz CT molecular complexity index is 931. The van der Waals surface area contributed by atoms with E-state index in [0.717, 1.165) is 70.6 Å².